The predicted octanol–water partition coefficient (Wildman–Crippen LogP) is 5.15. The Hall–Kier alpha value is -3.54. The Morgan fingerprint density at radius 2 is 1.61 bits per heavy atom. The molecule has 3 aromatic carbocycles. The second-order valence-corrected chi connectivity index (χ2v) is 6.98. The zero-order valence-electron chi connectivity index (χ0n) is 17.8. The number of carboxylic acid groups (broad SMARTS) is 1. The molecule has 0 bridgehead atoms. The maximum atomic E-state index is 13.6. The van der Waals surface area contributed by atoms with Crippen LogP contribution in [0.15, 0.2) is 60.7 Å². The minimum absolute atomic E-state index is 0.0119. The van der Waals surface area contributed by atoms with Crippen molar-refractivity contribution < 1.29 is 24.2 Å². The quantitative estimate of drug-likeness (QED) is 0.490. The third kappa shape index (κ3) is 5.34. The van der Waals surface area contributed by atoms with E-state index in [0.29, 0.717) is 36.7 Å². The minimum atomic E-state index is -0.884. The molecule has 0 fully saturated rings. The second kappa shape index (κ2) is 10.5. The van der Waals surface area contributed by atoms with E-state index in [4.69, 9.17) is 14.6 Å². The molecule has 0 aliphatic heterocycles. The molecule has 0 unspecified atom stereocenters. The molecular formula is C25H27NO5. The average molecular weight is 421 g/mol. The van der Waals surface area contributed by atoms with Gasteiger partial charge in [0.15, 0.2) is 11.5 Å². The monoisotopic (exact) mass is 421 g/mol. The number of fused-ring (bicyclic) bond motifs is 1. The van der Waals surface area contributed by atoms with E-state index in [-0.39, 0.29) is 18.9 Å². The van der Waals surface area contributed by atoms with Crippen molar-refractivity contribution in [3.05, 3.63) is 66.2 Å². The van der Waals surface area contributed by atoms with Crippen LogP contribution in [0.1, 0.15) is 37.0 Å². The van der Waals surface area contributed by atoms with Crippen molar-refractivity contribution >= 4 is 28.3 Å². The number of ether oxygens (including phenoxy) is 2. The van der Waals surface area contributed by atoms with Crippen molar-refractivity contribution in [1.82, 2.24) is 0 Å². The van der Waals surface area contributed by atoms with E-state index in [0.717, 1.165) is 16.5 Å². The van der Waals surface area contributed by atoms with E-state index in [1.165, 1.54) is 0 Å². The number of carboxylic acids is 1. The minimum Gasteiger partial charge on any atom is -0.490 e. The van der Waals surface area contributed by atoms with Crippen molar-refractivity contribution in [2.75, 3.05) is 24.7 Å². The van der Waals surface area contributed by atoms with Gasteiger partial charge in [-0.05, 0) is 49.9 Å². The molecular weight excluding hydrogens is 394 g/mol. The lowest BCUT2D eigenvalue weighted by molar-refractivity contribution is -0.137. The molecule has 1 amide bonds. The standard InChI is InChI=1S/C25H27NO5/c1-3-30-22-15-14-19(17-23(22)31-4-2)25(29)26(16-8-13-24(27)28)21-12-7-10-18-9-5-6-11-20(18)21/h5-7,9-12,14-15,17H,3-4,8,13,16H2,1-2H3,(H,27,28). The molecule has 3 rings (SSSR count). The van der Waals surface area contributed by atoms with Gasteiger partial charge in [-0.3, -0.25) is 9.59 Å². The van der Waals surface area contributed by atoms with Crippen molar-refractivity contribution in [1.29, 1.82) is 0 Å². The Kier molecular flexibility index (Phi) is 7.49. The van der Waals surface area contributed by atoms with E-state index in [2.05, 4.69) is 0 Å². The summed E-state index contributed by atoms with van der Waals surface area (Å²) in [6.45, 7) is 4.99. The lowest BCUT2D eigenvalue weighted by Gasteiger charge is -2.25. The molecule has 162 valence electrons. The first-order chi connectivity index (χ1) is 15.0. The fourth-order valence-electron chi connectivity index (χ4n) is 3.50. The first kappa shape index (κ1) is 22.2. The second-order valence-electron chi connectivity index (χ2n) is 6.98. The highest BCUT2D eigenvalue weighted by Crippen LogP contribution is 2.32. The van der Waals surface area contributed by atoms with Crippen LogP contribution < -0.4 is 14.4 Å². The first-order valence-corrected chi connectivity index (χ1v) is 10.5. The molecule has 31 heavy (non-hydrogen) atoms. The van der Waals surface area contributed by atoms with Crippen LogP contribution in [-0.4, -0.2) is 36.7 Å². The van der Waals surface area contributed by atoms with Crippen molar-refractivity contribution in [3.8, 4) is 11.5 Å². The Labute approximate surface area is 182 Å². The van der Waals surface area contributed by atoms with Gasteiger partial charge in [-0.1, -0.05) is 36.4 Å². The summed E-state index contributed by atoms with van der Waals surface area (Å²) < 4.78 is 11.3. The lowest BCUT2D eigenvalue weighted by Crippen LogP contribution is -2.32. The molecule has 0 saturated heterocycles. The van der Waals surface area contributed by atoms with Crippen LogP contribution in [0, 0.1) is 0 Å². The number of nitrogens with zero attached hydrogens (tertiary/aromatic N) is 1. The molecule has 0 spiro atoms. The summed E-state index contributed by atoms with van der Waals surface area (Å²) in [5.74, 6) is -0.00199. The smallest absolute Gasteiger partial charge is 0.303 e. The summed E-state index contributed by atoms with van der Waals surface area (Å²) in [4.78, 5) is 26.3. The van der Waals surface area contributed by atoms with E-state index >= 15 is 0 Å². The molecule has 0 aromatic heterocycles. The highest BCUT2D eigenvalue weighted by atomic mass is 16.5. The number of anilines is 1. The third-order valence-corrected chi connectivity index (χ3v) is 4.87. The number of benzene rings is 3. The third-order valence-electron chi connectivity index (χ3n) is 4.87. The summed E-state index contributed by atoms with van der Waals surface area (Å²) in [6.07, 6.45) is 0.335. The maximum absolute atomic E-state index is 13.6. The van der Waals surface area contributed by atoms with Crippen LogP contribution >= 0.6 is 0 Å². The summed E-state index contributed by atoms with van der Waals surface area (Å²) in [5, 5.41) is 11.0. The van der Waals surface area contributed by atoms with Crippen LogP contribution in [-0.2, 0) is 4.79 Å². The zero-order chi connectivity index (χ0) is 22.2. The topological polar surface area (TPSA) is 76.1 Å². The number of carbonyl (C=O) groups is 2. The van der Waals surface area contributed by atoms with Gasteiger partial charge in [-0.15, -0.1) is 0 Å². The Morgan fingerprint density at radius 3 is 2.35 bits per heavy atom. The molecule has 0 aliphatic rings. The van der Waals surface area contributed by atoms with Crippen LogP contribution in [0.25, 0.3) is 10.8 Å². The Bertz CT molecular complexity index is 1060. The Morgan fingerprint density at radius 1 is 0.903 bits per heavy atom. The van der Waals surface area contributed by atoms with E-state index in [1.54, 1.807) is 23.1 Å². The molecule has 1 N–H and O–H groups in total. The Balaban J connectivity index is 2.01. The van der Waals surface area contributed by atoms with Gasteiger partial charge < -0.3 is 19.5 Å². The molecule has 0 radical (unpaired) electrons. The number of amides is 1. The fourth-order valence-corrected chi connectivity index (χ4v) is 3.50. The van der Waals surface area contributed by atoms with Crippen molar-refractivity contribution in [3.63, 3.8) is 0 Å². The molecule has 6 heteroatoms. The number of hydrogen-bond acceptors (Lipinski definition) is 4. The van der Waals surface area contributed by atoms with Gasteiger partial charge >= 0.3 is 5.97 Å². The normalized spacial score (nSPS) is 10.6. The summed E-state index contributed by atoms with van der Waals surface area (Å²) in [5.41, 5.74) is 1.20. The molecule has 0 atom stereocenters. The zero-order valence-corrected chi connectivity index (χ0v) is 17.8. The van der Waals surface area contributed by atoms with E-state index < -0.39 is 5.97 Å². The van der Waals surface area contributed by atoms with Gasteiger partial charge in [0.1, 0.15) is 0 Å². The molecule has 0 aliphatic carbocycles. The molecule has 6 nitrogen and oxygen atoms in total. The van der Waals surface area contributed by atoms with Crippen LogP contribution in [0.2, 0.25) is 0 Å². The summed E-state index contributed by atoms with van der Waals surface area (Å²) in [6, 6.07) is 18.7. The molecule has 3 aromatic rings. The van der Waals surface area contributed by atoms with Gasteiger partial charge in [0.05, 0.1) is 18.9 Å². The highest BCUT2D eigenvalue weighted by Gasteiger charge is 2.21. The predicted molar refractivity (Wildman–Crippen MR) is 121 cm³/mol. The summed E-state index contributed by atoms with van der Waals surface area (Å²) >= 11 is 0. The lowest BCUT2D eigenvalue weighted by atomic mass is 10.1. The summed E-state index contributed by atoms with van der Waals surface area (Å²) in [7, 11) is 0. The maximum Gasteiger partial charge on any atom is 0.303 e. The highest BCUT2D eigenvalue weighted by molar-refractivity contribution is 6.11. The van der Waals surface area contributed by atoms with Gasteiger partial charge in [-0.2, -0.15) is 0 Å². The number of aliphatic carboxylic acids is 1. The number of hydrogen-bond donors (Lipinski definition) is 1. The fraction of sp³-hybridized carbons (Fsp3) is 0.280. The van der Waals surface area contributed by atoms with Gasteiger partial charge in [0.25, 0.3) is 5.91 Å². The first-order valence-electron chi connectivity index (χ1n) is 10.5. The molecule has 0 saturated carbocycles. The average Bonchev–Trinajstić information content (AvgIpc) is 2.77. The van der Waals surface area contributed by atoms with E-state index in [1.807, 2.05) is 56.3 Å². The van der Waals surface area contributed by atoms with Gasteiger partial charge in [-0.25, -0.2) is 0 Å². The van der Waals surface area contributed by atoms with Crippen LogP contribution in [0.3, 0.4) is 0 Å². The molecule has 0 heterocycles. The van der Waals surface area contributed by atoms with Crippen LogP contribution in [0.4, 0.5) is 5.69 Å². The largest absolute Gasteiger partial charge is 0.490 e. The van der Waals surface area contributed by atoms with E-state index in [9.17, 15) is 9.59 Å². The van der Waals surface area contributed by atoms with Crippen molar-refractivity contribution in [2.24, 2.45) is 0 Å². The van der Waals surface area contributed by atoms with Gasteiger partial charge in [0, 0.05) is 23.9 Å². The van der Waals surface area contributed by atoms with Gasteiger partial charge in [0.2, 0.25) is 0 Å². The number of carbonyl (C=O) groups excluding carboxylic acids is 1. The van der Waals surface area contributed by atoms with Crippen molar-refractivity contribution in [2.45, 2.75) is 26.7 Å². The SMILES string of the molecule is CCOc1ccc(C(=O)N(CCCC(=O)O)c2cccc3ccccc23)cc1OCC. The number of rotatable bonds is 10. The van der Waals surface area contributed by atoms with Crippen LogP contribution in [0.5, 0.6) is 11.5 Å².